The number of aliphatic hydroxyl groups excluding tert-OH is 2. The second kappa shape index (κ2) is 11.9. The highest BCUT2D eigenvalue weighted by molar-refractivity contribution is 7.16. The van der Waals surface area contributed by atoms with E-state index in [1.54, 1.807) is 17.0 Å². The van der Waals surface area contributed by atoms with Gasteiger partial charge < -0.3 is 24.9 Å². The van der Waals surface area contributed by atoms with Crippen molar-refractivity contribution in [2.75, 3.05) is 56.1 Å². The Bertz CT molecular complexity index is 1860. The molecular weight excluding hydrogens is 612 g/mol. The van der Waals surface area contributed by atoms with Gasteiger partial charge in [-0.15, -0.1) is 0 Å². The predicted octanol–water partition coefficient (Wildman–Crippen LogP) is 3.97. The van der Waals surface area contributed by atoms with Crippen LogP contribution in [-0.2, 0) is 11.2 Å². The maximum atomic E-state index is 15.9. The van der Waals surface area contributed by atoms with E-state index in [0.29, 0.717) is 95.8 Å². The maximum absolute atomic E-state index is 15.9. The van der Waals surface area contributed by atoms with Crippen LogP contribution in [0.3, 0.4) is 0 Å². The summed E-state index contributed by atoms with van der Waals surface area (Å²) in [5, 5.41) is 31.3. The Hall–Kier alpha value is -4.22. The van der Waals surface area contributed by atoms with Crippen molar-refractivity contribution in [1.29, 1.82) is 5.26 Å². The topological polar surface area (TPSA) is 120 Å². The number of nitriles is 1. The Morgan fingerprint density at radius 1 is 1.11 bits per heavy atom. The van der Waals surface area contributed by atoms with Gasteiger partial charge in [0.05, 0.1) is 29.6 Å². The van der Waals surface area contributed by atoms with Crippen molar-refractivity contribution < 1.29 is 23.8 Å². The number of β-amino-alcohol motifs (C(OH)–C–C–N with tert-alkyl or cyclic N) is 1. The third kappa shape index (κ3) is 5.25. The van der Waals surface area contributed by atoms with Crippen LogP contribution in [-0.4, -0.2) is 94.4 Å². The summed E-state index contributed by atoms with van der Waals surface area (Å²) in [4.78, 5) is 30.3. The van der Waals surface area contributed by atoms with Crippen LogP contribution in [0.4, 0.5) is 25.3 Å². The van der Waals surface area contributed by atoms with Gasteiger partial charge in [0, 0.05) is 68.5 Å². The van der Waals surface area contributed by atoms with E-state index in [4.69, 9.17) is 4.98 Å². The molecule has 3 aliphatic rings. The van der Waals surface area contributed by atoms with Crippen LogP contribution in [0, 0.1) is 23.0 Å². The average Bonchev–Trinajstić information content (AvgIpc) is 3.65. The summed E-state index contributed by atoms with van der Waals surface area (Å²) in [7, 11) is 1.81. The number of piperazine rings is 1. The molecule has 0 saturated carbocycles. The summed E-state index contributed by atoms with van der Waals surface area (Å²) in [6.07, 6.45) is -0.251. The third-order valence-electron chi connectivity index (χ3n) is 9.33. The van der Waals surface area contributed by atoms with Gasteiger partial charge in [-0.3, -0.25) is 9.69 Å². The summed E-state index contributed by atoms with van der Waals surface area (Å²) >= 11 is 1.19. The molecule has 13 heteroatoms. The summed E-state index contributed by atoms with van der Waals surface area (Å²) in [5.74, 6) is -0.883. The van der Waals surface area contributed by atoms with Crippen molar-refractivity contribution >= 4 is 44.7 Å². The van der Waals surface area contributed by atoms with Gasteiger partial charge in [0.1, 0.15) is 28.0 Å². The van der Waals surface area contributed by atoms with Crippen molar-refractivity contribution in [3.63, 3.8) is 0 Å². The number of benzene rings is 2. The Morgan fingerprint density at radius 3 is 2.50 bits per heavy atom. The zero-order valence-electron chi connectivity index (χ0n) is 25.5. The number of hydrogen-bond donors (Lipinski definition) is 2. The van der Waals surface area contributed by atoms with E-state index in [1.807, 2.05) is 24.9 Å². The molecule has 2 aromatic heterocycles. The lowest BCUT2D eigenvalue weighted by atomic mass is 10.0. The minimum atomic E-state index is -0.816. The monoisotopic (exact) mass is 645 g/mol. The number of pyridine rings is 1. The Balaban J connectivity index is 1.23. The number of aromatic nitrogens is 2. The molecule has 238 valence electrons. The minimum Gasteiger partial charge on any atom is -0.389 e. The molecule has 2 aromatic carbocycles. The number of nitrogens with zero attached hydrogens (tertiary/aromatic N) is 7. The molecule has 1 amide bonds. The van der Waals surface area contributed by atoms with E-state index >= 15 is 4.39 Å². The van der Waals surface area contributed by atoms with Gasteiger partial charge in [0.2, 0.25) is 5.91 Å². The number of likely N-dealkylation sites (tertiary alicyclic amines) is 1. The summed E-state index contributed by atoms with van der Waals surface area (Å²) < 4.78 is 29.6. The van der Waals surface area contributed by atoms with E-state index in [1.165, 1.54) is 29.5 Å². The van der Waals surface area contributed by atoms with Crippen LogP contribution < -0.4 is 9.80 Å². The lowest BCUT2D eigenvalue weighted by molar-refractivity contribution is -0.146. The fourth-order valence-electron chi connectivity index (χ4n) is 6.71. The summed E-state index contributed by atoms with van der Waals surface area (Å²) in [5.41, 5.74) is 3.81. The molecule has 2 aliphatic heterocycles. The van der Waals surface area contributed by atoms with Gasteiger partial charge >= 0.3 is 0 Å². The zero-order valence-corrected chi connectivity index (χ0v) is 26.3. The molecule has 1 aliphatic carbocycles. The fourth-order valence-corrected chi connectivity index (χ4v) is 7.56. The SMILES string of the molecule is CC(C(=O)N1CC(O)C1)N1CCN(c2cc(F)c3nc4c(c(N(C)c5nc(-c6ccc(F)cc6)c(C#N)s5)c3c2)CCC4O)CC1. The molecule has 2 atom stereocenters. The van der Waals surface area contributed by atoms with E-state index in [2.05, 4.69) is 20.9 Å². The molecule has 7 rings (SSSR count). The fraction of sp³-hybridized carbons (Fsp3) is 0.394. The molecule has 4 aromatic rings. The molecule has 2 saturated heterocycles. The largest absolute Gasteiger partial charge is 0.389 e. The number of hydrogen-bond acceptors (Lipinski definition) is 10. The standard InChI is InChI=1S/C33H33F2N7O3S/c1-18(32(45)42-16-22(43)17-42)40-9-11-41(12-10-40)21-13-24-29(25(35)14-21)37-30-23(7-8-26(30)44)31(24)39(2)33-38-28(27(15-36)46-33)19-3-5-20(34)6-4-19/h3-6,13-14,18,22,26,43-44H,7-12,16-17H2,1-2H3. The average molecular weight is 646 g/mol. The van der Waals surface area contributed by atoms with E-state index in [0.717, 1.165) is 5.56 Å². The molecule has 10 nitrogen and oxygen atoms in total. The van der Waals surface area contributed by atoms with Gasteiger partial charge in [0.15, 0.2) is 10.9 Å². The number of fused-ring (bicyclic) bond motifs is 2. The van der Waals surface area contributed by atoms with Gasteiger partial charge in [-0.25, -0.2) is 18.7 Å². The van der Waals surface area contributed by atoms with Crippen molar-refractivity contribution in [2.45, 2.75) is 38.0 Å². The van der Waals surface area contributed by atoms with Crippen LogP contribution in [0.1, 0.15) is 35.6 Å². The van der Waals surface area contributed by atoms with Gasteiger partial charge in [0.25, 0.3) is 0 Å². The van der Waals surface area contributed by atoms with Crippen molar-refractivity contribution in [3.05, 3.63) is 64.2 Å². The molecule has 0 spiro atoms. The lowest BCUT2D eigenvalue weighted by Crippen LogP contribution is -2.60. The second-order valence-corrected chi connectivity index (χ2v) is 13.1. The van der Waals surface area contributed by atoms with Crippen LogP contribution in [0.15, 0.2) is 36.4 Å². The molecular formula is C33H33F2N7O3S. The minimum absolute atomic E-state index is 0.00891. The molecule has 46 heavy (non-hydrogen) atoms. The molecule has 2 fully saturated rings. The van der Waals surface area contributed by atoms with Crippen LogP contribution >= 0.6 is 11.3 Å². The Morgan fingerprint density at radius 2 is 1.83 bits per heavy atom. The number of carbonyl (C=O) groups is 1. The third-order valence-corrected chi connectivity index (χ3v) is 10.4. The zero-order chi connectivity index (χ0) is 32.3. The summed E-state index contributed by atoms with van der Waals surface area (Å²) in [6, 6.07) is 11.1. The first kappa shape index (κ1) is 30.4. The number of rotatable bonds is 6. The van der Waals surface area contributed by atoms with E-state index in [9.17, 15) is 24.7 Å². The van der Waals surface area contributed by atoms with E-state index < -0.39 is 18.0 Å². The first-order chi connectivity index (χ1) is 22.1. The van der Waals surface area contributed by atoms with Crippen molar-refractivity contribution in [2.24, 2.45) is 0 Å². The number of anilines is 3. The quantitative estimate of drug-likeness (QED) is 0.321. The Kier molecular flexibility index (Phi) is 7.84. The maximum Gasteiger partial charge on any atom is 0.239 e. The molecule has 0 radical (unpaired) electrons. The smallest absolute Gasteiger partial charge is 0.239 e. The molecule has 2 N–H and O–H groups in total. The normalized spacial score (nSPS) is 19.2. The highest BCUT2D eigenvalue weighted by atomic mass is 32.1. The second-order valence-electron chi connectivity index (χ2n) is 12.2. The van der Waals surface area contributed by atoms with Gasteiger partial charge in [-0.05, 0) is 56.2 Å². The molecule has 2 unspecified atom stereocenters. The van der Waals surface area contributed by atoms with Crippen LogP contribution in [0.25, 0.3) is 22.2 Å². The molecule has 0 bridgehead atoms. The van der Waals surface area contributed by atoms with Gasteiger partial charge in [-0.1, -0.05) is 11.3 Å². The summed E-state index contributed by atoms with van der Waals surface area (Å²) in [6.45, 7) is 5.05. The number of thiazole rings is 1. The Labute approximate surface area is 268 Å². The van der Waals surface area contributed by atoms with Crippen molar-refractivity contribution in [1.82, 2.24) is 19.8 Å². The highest BCUT2D eigenvalue weighted by Crippen LogP contribution is 2.45. The number of halogens is 2. The van der Waals surface area contributed by atoms with Crippen molar-refractivity contribution in [3.8, 4) is 17.3 Å². The predicted molar refractivity (Wildman–Crippen MR) is 171 cm³/mol. The number of carbonyl (C=O) groups excluding carboxylic acids is 1. The highest BCUT2D eigenvalue weighted by Gasteiger charge is 2.35. The van der Waals surface area contributed by atoms with Crippen LogP contribution in [0.2, 0.25) is 0 Å². The van der Waals surface area contributed by atoms with Crippen LogP contribution in [0.5, 0.6) is 0 Å². The van der Waals surface area contributed by atoms with E-state index in [-0.39, 0.29) is 23.3 Å². The molecule has 4 heterocycles. The first-order valence-electron chi connectivity index (χ1n) is 15.3. The number of amides is 1. The lowest BCUT2D eigenvalue weighted by Gasteiger charge is -2.43. The first-order valence-corrected chi connectivity index (χ1v) is 16.1. The number of aliphatic hydroxyl groups is 2. The van der Waals surface area contributed by atoms with Gasteiger partial charge in [-0.2, -0.15) is 5.26 Å².